The normalized spacial score (nSPS) is 11.1. The molecule has 96 valence electrons. The maximum Gasteiger partial charge on any atom is -0.0394 e. The van der Waals surface area contributed by atoms with Crippen LogP contribution >= 0.6 is 0 Å². The maximum atomic E-state index is 4.87. The first kappa shape index (κ1) is 14.7. The first-order chi connectivity index (χ1) is 7.91. The van der Waals surface area contributed by atoms with E-state index < -0.39 is 0 Å². The zero-order chi connectivity index (χ0) is 11.9. The molecule has 0 aliphatic heterocycles. The van der Waals surface area contributed by atoms with E-state index in [4.69, 9.17) is 11.7 Å². The van der Waals surface area contributed by atoms with Crippen molar-refractivity contribution in [3.05, 3.63) is 0 Å². The summed E-state index contributed by atoms with van der Waals surface area (Å²) in [5.74, 6) is 9.56. The second-order valence-electron chi connectivity index (χ2n) is 1.72. The topological polar surface area (TPSA) is 221 Å². The molecule has 0 aliphatic rings. The molecule has 0 saturated heterocycles. The zero-order valence-electron chi connectivity index (χ0n) is 8.05. The van der Waals surface area contributed by atoms with E-state index >= 15 is 0 Å². The summed E-state index contributed by atoms with van der Waals surface area (Å²) < 4.78 is 0. The highest BCUT2D eigenvalue weighted by molar-refractivity contribution is 4.15. The van der Waals surface area contributed by atoms with Crippen molar-refractivity contribution in [3.63, 3.8) is 0 Å². The molecule has 0 saturated carbocycles. The van der Waals surface area contributed by atoms with Crippen LogP contribution in [0.15, 0.2) is 10.4 Å². The van der Waals surface area contributed by atoms with Crippen LogP contribution in [0.5, 0.6) is 0 Å². The molecular weight excluding hydrogens is 224 g/mol. The third-order valence-electron chi connectivity index (χ3n) is 0.798. The van der Waals surface area contributed by atoms with Crippen molar-refractivity contribution in [1.82, 2.24) is 66.4 Å². The fraction of sp³-hybridized carbons (Fsp3) is 0. The Morgan fingerprint density at radius 3 is 1.50 bits per heavy atom. The highest BCUT2D eigenvalue weighted by Crippen LogP contribution is 1.45. The summed E-state index contributed by atoms with van der Waals surface area (Å²) in [5.41, 5.74) is 28.4. The number of hydrazine groups is 12. The molecule has 0 aromatic carbocycles. The first-order valence-electron chi connectivity index (χ1n) is 3.72. The Hall–Kier alpha value is -1.28. The standard InChI is InChI=1S/H16N16/c1-3-5-7-9-11-13-15-16-14-12-10-8-6-4-2/h(H8,1,4,5,8,9,12,13,16)(H8,2,3,6,7,10,11,14,15). The summed E-state index contributed by atoms with van der Waals surface area (Å²) in [5, 5.41) is 6.08. The number of nitrogens with two attached hydrogens (primary N) is 2. The maximum absolute atomic E-state index is 4.87. The van der Waals surface area contributed by atoms with Crippen LogP contribution in [0.4, 0.5) is 0 Å². The molecule has 0 spiro atoms. The molecule has 0 heterocycles. The van der Waals surface area contributed by atoms with E-state index in [1.54, 1.807) is 0 Å². The Morgan fingerprint density at radius 2 is 1.06 bits per heavy atom. The Labute approximate surface area is 89.7 Å². The van der Waals surface area contributed by atoms with E-state index in [-0.39, 0.29) is 0 Å². The summed E-state index contributed by atoms with van der Waals surface area (Å²) in [6.45, 7) is 0. The van der Waals surface area contributed by atoms with Gasteiger partial charge in [0.05, 0.1) is 0 Å². The SMILES string of the molecule is NN=NNNNNNNNNNNNNN. The molecule has 16 heavy (non-hydrogen) atoms. The lowest BCUT2D eigenvalue weighted by Crippen LogP contribution is -2.67. The fourth-order valence-electron chi connectivity index (χ4n) is 0.368. The Bertz CT molecular complexity index is 135. The van der Waals surface area contributed by atoms with Crippen LogP contribution in [0.3, 0.4) is 0 Å². The minimum atomic E-state index is 2.11. The van der Waals surface area contributed by atoms with Gasteiger partial charge in [0.15, 0.2) is 0 Å². The molecule has 0 aromatic heterocycles. The largest absolute Gasteiger partial charge is 0.303 e. The quantitative estimate of drug-likeness (QED) is 0.0659. The number of nitrogens with zero attached hydrogens (tertiary/aromatic N) is 2. The molecule has 0 radical (unpaired) electrons. The lowest BCUT2D eigenvalue weighted by atomic mass is 12.0. The van der Waals surface area contributed by atoms with Crippen LogP contribution in [-0.2, 0) is 0 Å². The molecule has 0 aromatic rings. The predicted molar refractivity (Wildman–Crippen MR) is 50.9 cm³/mol. The van der Waals surface area contributed by atoms with E-state index in [0.717, 1.165) is 0 Å². The number of hydrogen-bond acceptors (Lipinski definition) is 14. The number of hydrogen-bond donors (Lipinski definition) is 14. The summed E-state index contributed by atoms with van der Waals surface area (Å²) >= 11 is 0. The van der Waals surface area contributed by atoms with Gasteiger partial charge in [-0.2, -0.15) is 55.3 Å². The molecule has 16 N–H and O–H groups in total. The first-order valence-corrected chi connectivity index (χ1v) is 3.72. The van der Waals surface area contributed by atoms with Gasteiger partial charge in [0.2, 0.25) is 0 Å². The molecule has 0 atom stereocenters. The minimum Gasteiger partial charge on any atom is -0.303 e. The molecule has 0 aliphatic carbocycles. The monoisotopic (exact) mass is 240 g/mol. The summed E-state index contributed by atoms with van der Waals surface area (Å²) in [6.07, 6.45) is 0. The third-order valence-corrected chi connectivity index (χ3v) is 0.798. The molecule has 0 bridgehead atoms. The van der Waals surface area contributed by atoms with E-state index in [0.29, 0.717) is 0 Å². The molecule has 0 unspecified atom stereocenters. The second kappa shape index (κ2) is 13.7. The van der Waals surface area contributed by atoms with Crippen LogP contribution in [0.2, 0.25) is 0 Å². The van der Waals surface area contributed by atoms with Gasteiger partial charge in [0, 0.05) is 0 Å². The van der Waals surface area contributed by atoms with Gasteiger partial charge in [-0.1, -0.05) is 5.22 Å². The fourth-order valence-corrected chi connectivity index (χ4v) is 0.368. The Balaban J connectivity index is 2.88. The van der Waals surface area contributed by atoms with Gasteiger partial charge < -0.3 is 5.84 Å². The van der Waals surface area contributed by atoms with Gasteiger partial charge >= 0.3 is 0 Å². The molecule has 16 heteroatoms. The van der Waals surface area contributed by atoms with Crippen molar-refractivity contribution in [2.24, 2.45) is 22.1 Å². The summed E-state index contributed by atoms with van der Waals surface area (Å²) in [7, 11) is 0. The molecular formula is H16N16. The lowest BCUT2D eigenvalue weighted by Gasteiger charge is -2.12. The van der Waals surface area contributed by atoms with Crippen LogP contribution in [0.25, 0.3) is 0 Å². The van der Waals surface area contributed by atoms with Crippen molar-refractivity contribution >= 4 is 0 Å². The van der Waals surface area contributed by atoms with E-state index in [9.17, 15) is 0 Å². The highest BCUT2D eigenvalue weighted by atomic mass is 16.0. The van der Waals surface area contributed by atoms with Gasteiger partial charge in [-0.25, -0.2) is 5.53 Å². The highest BCUT2D eigenvalue weighted by Gasteiger charge is 1.81. The minimum absolute atomic E-state index is 2.11. The van der Waals surface area contributed by atoms with Gasteiger partial charge in [-0.15, -0.1) is 5.53 Å². The van der Waals surface area contributed by atoms with Gasteiger partial charge in [-0.05, 0) is 5.22 Å². The molecule has 16 nitrogen and oxygen atoms in total. The summed E-state index contributed by atoms with van der Waals surface area (Å²) in [4.78, 5) is 0. The lowest BCUT2D eigenvalue weighted by molar-refractivity contribution is 0.218. The van der Waals surface area contributed by atoms with Crippen LogP contribution < -0.4 is 78.1 Å². The average Bonchev–Trinajstić information content (AvgIpc) is 2.31. The van der Waals surface area contributed by atoms with Crippen LogP contribution in [0, 0.1) is 0 Å². The molecule has 0 amide bonds. The number of rotatable bonds is 12. The van der Waals surface area contributed by atoms with Gasteiger partial charge in [0.1, 0.15) is 0 Å². The third kappa shape index (κ3) is 12.7. The molecule has 0 fully saturated rings. The average molecular weight is 240 g/mol. The number of nitrogens with one attached hydrogen (secondary N) is 12. The Kier molecular flexibility index (Phi) is 12.6. The van der Waals surface area contributed by atoms with E-state index in [1.165, 1.54) is 0 Å². The van der Waals surface area contributed by atoms with Crippen LogP contribution in [0.1, 0.15) is 0 Å². The van der Waals surface area contributed by atoms with Gasteiger partial charge in [0.25, 0.3) is 0 Å². The van der Waals surface area contributed by atoms with Crippen LogP contribution in [-0.4, -0.2) is 0 Å². The van der Waals surface area contributed by atoms with E-state index in [2.05, 4.69) is 76.9 Å². The van der Waals surface area contributed by atoms with Crippen molar-refractivity contribution in [3.8, 4) is 0 Å². The van der Waals surface area contributed by atoms with Crippen molar-refractivity contribution < 1.29 is 0 Å². The van der Waals surface area contributed by atoms with Gasteiger partial charge in [-0.3, -0.25) is 5.84 Å². The second-order valence-corrected chi connectivity index (χ2v) is 1.72. The van der Waals surface area contributed by atoms with Crippen molar-refractivity contribution in [1.29, 1.82) is 0 Å². The van der Waals surface area contributed by atoms with Crippen molar-refractivity contribution in [2.75, 3.05) is 0 Å². The predicted octanol–water partition coefficient (Wildman–Crippen LogP) is -6.76. The van der Waals surface area contributed by atoms with E-state index in [1.807, 2.05) is 0 Å². The zero-order valence-corrected chi connectivity index (χ0v) is 8.05. The Morgan fingerprint density at radius 1 is 0.625 bits per heavy atom. The smallest absolute Gasteiger partial charge is 0.0394 e. The molecule has 0 rings (SSSR count). The summed E-state index contributed by atoms with van der Waals surface area (Å²) in [6, 6.07) is 0. The van der Waals surface area contributed by atoms with Crippen molar-refractivity contribution in [2.45, 2.75) is 0 Å².